The van der Waals surface area contributed by atoms with Crippen molar-refractivity contribution >= 4 is 5.97 Å². The van der Waals surface area contributed by atoms with E-state index >= 15 is 0 Å². The second-order valence-corrected chi connectivity index (χ2v) is 18.7. The van der Waals surface area contributed by atoms with E-state index in [4.69, 9.17) is 28.4 Å². The first-order valence-electron chi connectivity index (χ1n) is 27.2. The minimum absolute atomic E-state index is 0.0347. The summed E-state index contributed by atoms with van der Waals surface area (Å²) in [5, 5.41) is 72.2. The Balaban J connectivity index is 1.78. The molecule has 0 aliphatic carbocycles. The number of unbranched alkanes of at least 4 members (excludes halogenated alkanes) is 14. The highest BCUT2D eigenvalue weighted by atomic mass is 16.7. The largest absolute Gasteiger partial charge is 0.457 e. The maximum atomic E-state index is 13.0. The van der Waals surface area contributed by atoms with E-state index in [1.54, 1.807) is 0 Å². The van der Waals surface area contributed by atoms with Crippen LogP contribution in [0.3, 0.4) is 0 Å². The number of hydrogen-bond acceptors (Lipinski definition) is 14. The lowest BCUT2D eigenvalue weighted by Crippen LogP contribution is -2.61. The van der Waals surface area contributed by atoms with Gasteiger partial charge in [0.25, 0.3) is 0 Å². The number of aliphatic hydroxyl groups excluding tert-OH is 7. The van der Waals surface area contributed by atoms with Crippen molar-refractivity contribution in [2.45, 2.75) is 235 Å². The zero-order chi connectivity index (χ0) is 51.6. The van der Waals surface area contributed by atoms with Gasteiger partial charge in [-0.25, -0.2) is 0 Å². The molecule has 0 aromatic carbocycles. The number of rotatable bonds is 42. The summed E-state index contributed by atoms with van der Waals surface area (Å²) in [5.74, 6) is -0.423. The van der Waals surface area contributed by atoms with Gasteiger partial charge in [0.2, 0.25) is 0 Å². The Hall–Kier alpha value is -2.83. The predicted octanol–water partition coefficient (Wildman–Crippen LogP) is 8.85. The van der Waals surface area contributed by atoms with Crippen LogP contribution in [0, 0.1) is 0 Å². The van der Waals surface area contributed by atoms with Gasteiger partial charge in [0.15, 0.2) is 12.6 Å². The molecule has 2 rings (SSSR count). The third-order valence-corrected chi connectivity index (χ3v) is 12.4. The molecule has 0 radical (unpaired) electrons. The Morgan fingerprint density at radius 1 is 0.479 bits per heavy atom. The third-order valence-electron chi connectivity index (χ3n) is 12.4. The fourth-order valence-corrected chi connectivity index (χ4v) is 7.99. The molecule has 2 aliphatic heterocycles. The first kappa shape index (κ1) is 64.3. The van der Waals surface area contributed by atoms with Gasteiger partial charge < -0.3 is 64.2 Å². The number of esters is 1. The van der Waals surface area contributed by atoms with Gasteiger partial charge in [-0.05, 0) is 89.9 Å². The standard InChI is InChI=1S/C57H96O14/c1-3-5-7-9-11-13-15-17-19-21-22-23-24-25-26-28-30-32-34-36-38-40-49(59)69-46(43-66-41-39-37-35-33-31-29-27-20-18-16-14-12-10-8-6-4-2)44-67-56-55(65)53(63)51(61)48(71-56)45-68-57-54(64)52(62)50(60)47(42-58)70-57/h5,7,11,13,17-20,22-23,25-26,30,32,46-48,50-58,60-65H,3-4,6,8-10,12,14-16,21,24,27-29,31,33-45H2,1-2H3/b7-5-,13-11-,19-17-,20-18-,23-22-,26-25-,32-30-. The van der Waals surface area contributed by atoms with Gasteiger partial charge >= 0.3 is 5.97 Å². The molecule has 408 valence electrons. The van der Waals surface area contributed by atoms with E-state index in [-0.39, 0.29) is 19.6 Å². The smallest absolute Gasteiger partial charge is 0.306 e. The van der Waals surface area contributed by atoms with Crippen LogP contribution in [0.15, 0.2) is 85.1 Å². The van der Waals surface area contributed by atoms with E-state index in [2.05, 4.69) is 98.9 Å². The molecular formula is C57H96O14. The molecular weight excluding hydrogens is 909 g/mol. The SMILES string of the molecule is CC/C=C\C/C=C\C/C=C\C/C=C\C/C=C\C/C=C\CCCCC(=O)OC(COCCCCCCCC/C=C\CCCCCCCC)COC1OC(COC2OC(CO)C(O)C(O)C2O)C(O)C(O)C1O. The van der Waals surface area contributed by atoms with Crippen LogP contribution in [0.4, 0.5) is 0 Å². The Labute approximate surface area is 427 Å². The van der Waals surface area contributed by atoms with Crippen molar-refractivity contribution in [2.24, 2.45) is 0 Å². The van der Waals surface area contributed by atoms with Crippen LogP contribution < -0.4 is 0 Å². The van der Waals surface area contributed by atoms with Crippen LogP contribution in [0.25, 0.3) is 0 Å². The maximum Gasteiger partial charge on any atom is 0.306 e. The number of ether oxygens (including phenoxy) is 6. The summed E-state index contributed by atoms with van der Waals surface area (Å²) in [6.45, 7) is 3.48. The molecule has 11 atom stereocenters. The minimum atomic E-state index is -1.72. The van der Waals surface area contributed by atoms with Gasteiger partial charge in [0.05, 0.1) is 26.4 Å². The summed E-state index contributed by atoms with van der Waals surface area (Å²) in [5.41, 5.74) is 0. The number of hydrogen-bond donors (Lipinski definition) is 7. The van der Waals surface area contributed by atoms with E-state index in [9.17, 15) is 40.5 Å². The normalized spacial score (nSPS) is 26.0. The van der Waals surface area contributed by atoms with E-state index in [0.717, 1.165) is 83.5 Å². The molecule has 2 aliphatic rings. The van der Waals surface area contributed by atoms with Gasteiger partial charge in [-0.1, -0.05) is 157 Å². The van der Waals surface area contributed by atoms with E-state index in [0.29, 0.717) is 13.0 Å². The lowest BCUT2D eigenvalue weighted by molar-refractivity contribution is -0.332. The van der Waals surface area contributed by atoms with Crippen molar-refractivity contribution in [3.63, 3.8) is 0 Å². The lowest BCUT2D eigenvalue weighted by Gasteiger charge is -2.42. The highest BCUT2D eigenvalue weighted by molar-refractivity contribution is 5.69. The number of allylic oxidation sites excluding steroid dienone is 14. The average molecular weight is 1010 g/mol. The lowest BCUT2D eigenvalue weighted by atomic mass is 9.98. The fraction of sp³-hybridized carbons (Fsp3) is 0.737. The minimum Gasteiger partial charge on any atom is -0.457 e. The molecule has 7 N–H and O–H groups in total. The Bertz CT molecular complexity index is 1490. The van der Waals surface area contributed by atoms with Gasteiger partial charge in [0, 0.05) is 13.0 Å². The number of carbonyl (C=O) groups is 1. The van der Waals surface area contributed by atoms with E-state index in [1.165, 1.54) is 57.8 Å². The molecule has 0 spiro atoms. The molecule has 0 aromatic heterocycles. The van der Waals surface area contributed by atoms with Gasteiger partial charge in [-0.2, -0.15) is 0 Å². The second-order valence-electron chi connectivity index (χ2n) is 18.7. The van der Waals surface area contributed by atoms with Crippen molar-refractivity contribution in [3.05, 3.63) is 85.1 Å². The van der Waals surface area contributed by atoms with Crippen molar-refractivity contribution in [1.82, 2.24) is 0 Å². The van der Waals surface area contributed by atoms with Crippen LogP contribution in [-0.2, 0) is 33.2 Å². The van der Waals surface area contributed by atoms with Gasteiger partial charge in [-0.3, -0.25) is 4.79 Å². The molecule has 0 saturated carbocycles. The molecule has 14 nitrogen and oxygen atoms in total. The summed E-state index contributed by atoms with van der Waals surface area (Å²) in [4.78, 5) is 13.0. The zero-order valence-electron chi connectivity index (χ0n) is 43.4. The molecule has 0 amide bonds. The van der Waals surface area contributed by atoms with Crippen LogP contribution in [-0.4, -0.2) is 142 Å². The Morgan fingerprint density at radius 3 is 1.45 bits per heavy atom. The molecule has 0 bridgehead atoms. The summed E-state index contributed by atoms with van der Waals surface area (Å²) in [6, 6.07) is 0. The van der Waals surface area contributed by atoms with Crippen LogP contribution >= 0.6 is 0 Å². The molecule has 2 fully saturated rings. The van der Waals surface area contributed by atoms with Gasteiger partial charge in [0.1, 0.15) is 54.9 Å². The van der Waals surface area contributed by atoms with Crippen LogP contribution in [0.1, 0.15) is 168 Å². The molecule has 0 aromatic rings. The summed E-state index contributed by atoms with van der Waals surface area (Å²) in [7, 11) is 0. The number of carbonyl (C=O) groups excluding carboxylic acids is 1. The monoisotopic (exact) mass is 1000 g/mol. The van der Waals surface area contributed by atoms with Crippen molar-refractivity contribution in [3.8, 4) is 0 Å². The summed E-state index contributed by atoms with van der Waals surface area (Å²) in [6.07, 6.45) is 39.3. The van der Waals surface area contributed by atoms with E-state index in [1.807, 2.05) is 0 Å². The molecule has 2 heterocycles. The Kier molecular flexibility index (Phi) is 39.4. The highest BCUT2D eigenvalue weighted by Gasteiger charge is 2.47. The summed E-state index contributed by atoms with van der Waals surface area (Å²) >= 11 is 0. The van der Waals surface area contributed by atoms with Crippen molar-refractivity contribution in [1.29, 1.82) is 0 Å². The van der Waals surface area contributed by atoms with Crippen molar-refractivity contribution in [2.75, 3.05) is 33.0 Å². The van der Waals surface area contributed by atoms with Crippen LogP contribution in [0.5, 0.6) is 0 Å². The maximum absolute atomic E-state index is 13.0. The molecule has 2 saturated heterocycles. The zero-order valence-corrected chi connectivity index (χ0v) is 43.4. The average Bonchev–Trinajstić information content (AvgIpc) is 3.37. The molecule has 11 unspecified atom stereocenters. The summed E-state index contributed by atoms with van der Waals surface area (Å²) < 4.78 is 34.3. The fourth-order valence-electron chi connectivity index (χ4n) is 7.99. The highest BCUT2D eigenvalue weighted by Crippen LogP contribution is 2.26. The third kappa shape index (κ3) is 30.8. The first-order valence-corrected chi connectivity index (χ1v) is 27.2. The van der Waals surface area contributed by atoms with Crippen molar-refractivity contribution < 1.29 is 69.0 Å². The number of aliphatic hydroxyl groups is 7. The van der Waals surface area contributed by atoms with Gasteiger partial charge in [-0.15, -0.1) is 0 Å². The van der Waals surface area contributed by atoms with Crippen LogP contribution in [0.2, 0.25) is 0 Å². The quantitative estimate of drug-likeness (QED) is 0.0173. The Morgan fingerprint density at radius 2 is 0.915 bits per heavy atom. The topological polar surface area (TPSA) is 214 Å². The second kappa shape index (κ2) is 43.6. The molecule has 14 heteroatoms. The first-order chi connectivity index (χ1) is 34.6. The predicted molar refractivity (Wildman–Crippen MR) is 279 cm³/mol. The van der Waals surface area contributed by atoms with E-state index < -0.39 is 86.7 Å². The molecule has 71 heavy (non-hydrogen) atoms.